The van der Waals surface area contributed by atoms with Crippen LogP contribution in [0.4, 0.5) is 5.69 Å². The number of carbonyl (C=O) groups is 1. The minimum atomic E-state index is -0.567. The fraction of sp³-hybridized carbons (Fsp3) is 0.300. The normalized spacial score (nSPS) is 12.0. The number of hydrogen-bond acceptors (Lipinski definition) is 4. The van der Waals surface area contributed by atoms with Gasteiger partial charge in [0.2, 0.25) is 0 Å². The molecule has 1 unspecified atom stereocenters. The number of ether oxygens (including phenoxy) is 1. The summed E-state index contributed by atoms with van der Waals surface area (Å²) >= 11 is 9.20. The van der Waals surface area contributed by atoms with Gasteiger partial charge in [0.05, 0.1) is 12.1 Å². The van der Waals surface area contributed by atoms with E-state index in [1.165, 1.54) is 7.11 Å². The van der Waals surface area contributed by atoms with E-state index in [4.69, 9.17) is 17.3 Å². The number of benzene rings is 1. The molecule has 0 aliphatic carbocycles. The van der Waals surface area contributed by atoms with Crippen LogP contribution in [0.1, 0.15) is 0 Å². The number of nitrogens with one attached hydrogen (secondary N) is 1. The van der Waals surface area contributed by atoms with E-state index in [9.17, 15) is 4.79 Å². The van der Waals surface area contributed by atoms with Crippen molar-refractivity contribution in [3.8, 4) is 0 Å². The molecule has 16 heavy (non-hydrogen) atoms. The Morgan fingerprint density at radius 1 is 1.69 bits per heavy atom. The third-order valence-electron chi connectivity index (χ3n) is 1.98. The molecule has 6 heteroatoms. The molecule has 4 nitrogen and oxygen atoms in total. The van der Waals surface area contributed by atoms with Crippen molar-refractivity contribution in [2.24, 2.45) is 5.73 Å². The standard InChI is InChI=1S/C10H12BrClN2O2/c1-16-10(15)9(5-13)14-6-2-3-7(11)8(12)4-6/h2-4,9,14H,5,13H2,1H3. The van der Waals surface area contributed by atoms with Gasteiger partial charge in [0.15, 0.2) is 0 Å². The molecule has 0 aliphatic heterocycles. The number of halogens is 2. The van der Waals surface area contributed by atoms with E-state index in [0.717, 1.165) is 4.47 Å². The number of methoxy groups -OCH3 is 1. The number of anilines is 1. The molecule has 0 saturated heterocycles. The monoisotopic (exact) mass is 306 g/mol. The molecule has 0 fully saturated rings. The van der Waals surface area contributed by atoms with Gasteiger partial charge in [-0.2, -0.15) is 0 Å². The van der Waals surface area contributed by atoms with Crippen molar-refractivity contribution < 1.29 is 9.53 Å². The highest BCUT2D eigenvalue weighted by Gasteiger charge is 2.16. The first-order valence-electron chi connectivity index (χ1n) is 4.58. The summed E-state index contributed by atoms with van der Waals surface area (Å²) in [5.74, 6) is -0.401. The highest BCUT2D eigenvalue weighted by molar-refractivity contribution is 9.10. The van der Waals surface area contributed by atoms with Gasteiger partial charge in [0.25, 0.3) is 0 Å². The number of nitrogens with two attached hydrogens (primary N) is 1. The van der Waals surface area contributed by atoms with E-state index < -0.39 is 12.0 Å². The predicted octanol–water partition coefficient (Wildman–Crippen LogP) is 2.01. The number of carbonyl (C=O) groups excluding carboxylic acids is 1. The van der Waals surface area contributed by atoms with Crippen LogP contribution in [0.3, 0.4) is 0 Å². The molecule has 3 N–H and O–H groups in total. The number of rotatable bonds is 4. The lowest BCUT2D eigenvalue weighted by atomic mass is 10.2. The van der Waals surface area contributed by atoms with Crippen LogP contribution < -0.4 is 11.1 Å². The molecule has 0 spiro atoms. The molecular formula is C10H12BrClN2O2. The molecule has 0 aliphatic rings. The molecule has 1 atom stereocenters. The van der Waals surface area contributed by atoms with Crippen LogP contribution >= 0.6 is 27.5 Å². The van der Waals surface area contributed by atoms with Crippen LogP contribution in [-0.4, -0.2) is 25.7 Å². The Morgan fingerprint density at radius 3 is 2.88 bits per heavy atom. The van der Waals surface area contributed by atoms with Gasteiger partial charge in [0.1, 0.15) is 6.04 Å². The Kier molecular flexibility index (Phi) is 5.05. The molecule has 0 amide bonds. The molecule has 1 aromatic rings. The van der Waals surface area contributed by atoms with Crippen molar-refractivity contribution >= 4 is 39.2 Å². The topological polar surface area (TPSA) is 64.3 Å². The molecule has 0 bridgehead atoms. The van der Waals surface area contributed by atoms with Gasteiger partial charge < -0.3 is 15.8 Å². The van der Waals surface area contributed by atoms with E-state index in [-0.39, 0.29) is 6.54 Å². The minimum Gasteiger partial charge on any atom is -0.467 e. The Balaban J connectivity index is 2.78. The van der Waals surface area contributed by atoms with E-state index in [0.29, 0.717) is 10.7 Å². The summed E-state index contributed by atoms with van der Waals surface area (Å²) in [5, 5.41) is 3.50. The van der Waals surface area contributed by atoms with Crippen molar-refractivity contribution in [2.75, 3.05) is 19.0 Å². The van der Waals surface area contributed by atoms with Crippen LogP contribution in [0.15, 0.2) is 22.7 Å². The minimum absolute atomic E-state index is 0.153. The largest absolute Gasteiger partial charge is 0.467 e. The second-order valence-corrected chi connectivity index (χ2v) is 4.35. The van der Waals surface area contributed by atoms with E-state index in [1.807, 2.05) is 0 Å². The van der Waals surface area contributed by atoms with Gasteiger partial charge in [0, 0.05) is 16.7 Å². The highest BCUT2D eigenvalue weighted by Crippen LogP contribution is 2.25. The van der Waals surface area contributed by atoms with Gasteiger partial charge >= 0.3 is 5.97 Å². The van der Waals surface area contributed by atoms with Crippen LogP contribution in [-0.2, 0) is 9.53 Å². The first-order chi connectivity index (χ1) is 7.58. The van der Waals surface area contributed by atoms with Gasteiger partial charge in [-0.25, -0.2) is 4.79 Å². The second kappa shape index (κ2) is 6.08. The average molecular weight is 308 g/mol. The van der Waals surface area contributed by atoms with Crippen LogP contribution in [0.2, 0.25) is 5.02 Å². The molecule has 0 aromatic heterocycles. The van der Waals surface area contributed by atoms with Crippen molar-refractivity contribution in [2.45, 2.75) is 6.04 Å². The lowest BCUT2D eigenvalue weighted by molar-refractivity contribution is -0.141. The van der Waals surface area contributed by atoms with E-state index in [2.05, 4.69) is 26.0 Å². The Hall–Kier alpha value is -0.780. The Bertz CT molecular complexity index is 387. The molecular weight excluding hydrogens is 295 g/mol. The van der Waals surface area contributed by atoms with Crippen LogP contribution in [0.25, 0.3) is 0 Å². The molecule has 1 rings (SSSR count). The van der Waals surface area contributed by atoms with Crippen molar-refractivity contribution in [3.63, 3.8) is 0 Å². The second-order valence-electron chi connectivity index (χ2n) is 3.08. The van der Waals surface area contributed by atoms with E-state index >= 15 is 0 Å². The van der Waals surface area contributed by atoms with Crippen LogP contribution in [0, 0.1) is 0 Å². The third-order valence-corrected chi connectivity index (χ3v) is 3.21. The zero-order valence-electron chi connectivity index (χ0n) is 8.67. The average Bonchev–Trinajstić information content (AvgIpc) is 2.29. The summed E-state index contributed by atoms with van der Waals surface area (Å²) < 4.78 is 5.40. The maximum atomic E-state index is 11.3. The number of esters is 1. The van der Waals surface area contributed by atoms with Crippen molar-refractivity contribution in [3.05, 3.63) is 27.7 Å². The quantitative estimate of drug-likeness (QED) is 0.835. The zero-order valence-corrected chi connectivity index (χ0v) is 11.0. The van der Waals surface area contributed by atoms with Crippen molar-refractivity contribution in [1.29, 1.82) is 0 Å². The zero-order chi connectivity index (χ0) is 12.1. The molecule has 0 heterocycles. The molecule has 0 radical (unpaired) electrons. The first-order valence-corrected chi connectivity index (χ1v) is 5.75. The SMILES string of the molecule is COC(=O)C(CN)Nc1ccc(Br)c(Cl)c1. The third kappa shape index (κ3) is 3.37. The Labute approximate surface area is 107 Å². The predicted molar refractivity (Wildman–Crippen MR) is 67.6 cm³/mol. The molecule has 1 aromatic carbocycles. The fourth-order valence-electron chi connectivity index (χ4n) is 1.14. The lowest BCUT2D eigenvalue weighted by Gasteiger charge is -2.15. The smallest absolute Gasteiger partial charge is 0.329 e. The summed E-state index contributed by atoms with van der Waals surface area (Å²) in [6.45, 7) is 0.153. The number of hydrogen-bond donors (Lipinski definition) is 2. The van der Waals surface area contributed by atoms with Crippen LogP contribution in [0.5, 0.6) is 0 Å². The summed E-state index contributed by atoms with van der Waals surface area (Å²) in [6, 6.07) is 4.72. The van der Waals surface area contributed by atoms with Gasteiger partial charge in [-0.15, -0.1) is 0 Å². The van der Waals surface area contributed by atoms with Gasteiger partial charge in [-0.3, -0.25) is 0 Å². The summed E-state index contributed by atoms with van der Waals surface area (Å²) in [5.41, 5.74) is 6.18. The van der Waals surface area contributed by atoms with E-state index in [1.54, 1.807) is 18.2 Å². The van der Waals surface area contributed by atoms with Gasteiger partial charge in [-0.05, 0) is 34.1 Å². The summed E-state index contributed by atoms with van der Waals surface area (Å²) in [7, 11) is 1.32. The van der Waals surface area contributed by atoms with Crippen molar-refractivity contribution in [1.82, 2.24) is 0 Å². The first kappa shape index (κ1) is 13.3. The summed E-state index contributed by atoms with van der Waals surface area (Å²) in [4.78, 5) is 11.3. The Morgan fingerprint density at radius 2 is 2.38 bits per heavy atom. The highest BCUT2D eigenvalue weighted by atomic mass is 79.9. The molecule has 0 saturated carbocycles. The summed E-state index contributed by atoms with van der Waals surface area (Å²) in [6.07, 6.45) is 0. The maximum absolute atomic E-state index is 11.3. The van der Waals surface area contributed by atoms with Gasteiger partial charge in [-0.1, -0.05) is 11.6 Å². The molecule has 88 valence electrons. The fourth-order valence-corrected chi connectivity index (χ4v) is 1.57. The lowest BCUT2D eigenvalue weighted by Crippen LogP contribution is -2.37. The maximum Gasteiger partial charge on any atom is 0.329 e.